The van der Waals surface area contributed by atoms with E-state index in [0.29, 0.717) is 12.1 Å². The molecule has 0 bridgehead atoms. The van der Waals surface area contributed by atoms with Crippen LogP contribution in [0.4, 0.5) is 10.1 Å². The summed E-state index contributed by atoms with van der Waals surface area (Å²) in [6.45, 7) is 4.68. The monoisotopic (exact) mass is 537 g/mol. The maximum Gasteiger partial charge on any atom is 0.254 e. The number of para-hydroxylation sites is 2. The van der Waals surface area contributed by atoms with Gasteiger partial charge in [-0.15, -0.1) is 0 Å². The Bertz CT molecular complexity index is 1460. The Labute approximate surface area is 235 Å². The SMILES string of the molecule is CCCCc1ccc(C(=O)N(CCCC)CC(=O)N2c3ccccc3-n3cccc3C2c2ccc(F)cc2)cc1. The van der Waals surface area contributed by atoms with Gasteiger partial charge in [-0.3, -0.25) is 14.5 Å². The van der Waals surface area contributed by atoms with Crippen molar-refractivity contribution >= 4 is 17.5 Å². The van der Waals surface area contributed by atoms with Gasteiger partial charge in [-0.1, -0.05) is 63.1 Å². The Kier molecular flexibility index (Phi) is 8.44. The van der Waals surface area contributed by atoms with Gasteiger partial charge in [-0.05, 0) is 78.9 Å². The van der Waals surface area contributed by atoms with Crippen molar-refractivity contribution in [3.05, 3.63) is 119 Å². The lowest BCUT2D eigenvalue weighted by Gasteiger charge is -2.39. The van der Waals surface area contributed by atoms with E-state index in [4.69, 9.17) is 0 Å². The second-order valence-corrected chi connectivity index (χ2v) is 10.4. The predicted octanol–water partition coefficient (Wildman–Crippen LogP) is 7.34. The minimum Gasteiger partial charge on any atom is -0.329 e. The molecule has 3 aromatic carbocycles. The summed E-state index contributed by atoms with van der Waals surface area (Å²) in [6.07, 6.45) is 6.91. The molecule has 0 saturated heterocycles. The molecule has 1 aliphatic heterocycles. The lowest BCUT2D eigenvalue weighted by molar-refractivity contribution is -0.119. The molecule has 6 heteroatoms. The van der Waals surface area contributed by atoms with E-state index in [1.165, 1.54) is 17.7 Å². The summed E-state index contributed by atoms with van der Waals surface area (Å²) in [4.78, 5) is 31.4. The zero-order chi connectivity index (χ0) is 28.1. The number of aromatic nitrogens is 1. The van der Waals surface area contributed by atoms with Crippen LogP contribution in [-0.4, -0.2) is 34.4 Å². The van der Waals surface area contributed by atoms with Gasteiger partial charge in [0.05, 0.1) is 17.1 Å². The van der Waals surface area contributed by atoms with Crippen LogP contribution in [0.2, 0.25) is 0 Å². The number of anilines is 1. The highest BCUT2D eigenvalue weighted by Gasteiger charge is 2.37. The van der Waals surface area contributed by atoms with Crippen molar-refractivity contribution in [3.8, 4) is 5.69 Å². The van der Waals surface area contributed by atoms with E-state index in [2.05, 4.69) is 18.4 Å². The van der Waals surface area contributed by atoms with E-state index in [1.54, 1.807) is 21.9 Å². The van der Waals surface area contributed by atoms with Gasteiger partial charge in [0.25, 0.3) is 5.91 Å². The molecule has 0 radical (unpaired) electrons. The van der Waals surface area contributed by atoms with Crippen LogP contribution >= 0.6 is 0 Å². The topological polar surface area (TPSA) is 45.6 Å². The number of rotatable bonds is 10. The van der Waals surface area contributed by atoms with E-state index in [0.717, 1.165) is 54.7 Å². The van der Waals surface area contributed by atoms with Crippen molar-refractivity contribution in [2.45, 2.75) is 52.0 Å². The summed E-state index contributed by atoms with van der Waals surface area (Å²) in [5.74, 6) is -0.653. The zero-order valence-electron chi connectivity index (χ0n) is 23.2. The molecule has 2 heterocycles. The van der Waals surface area contributed by atoms with Gasteiger partial charge in [-0.2, -0.15) is 0 Å². The average Bonchev–Trinajstić information content (AvgIpc) is 3.48. The fourth-order valence-electron chi connectivity index (χ4n) is 5.44. The first-order valence-electron chi connectivity index (χ1n) is 14.2. The minimum atomic E-state index is -0.459. The van der Waals surface area contributed by atoms with Gasteiger partial charge in [0.1, 0.15) is 18.4 Å². The average molecular weight is 538 g/mol. The standard InChI is InChI=1S/C34H36FN3O2/c1-3-5-10-25-14-16-27(17-15-25)34(40)36(22-6-4-2)24-32(39)38-30-12-8-7-11-29(30)37-23-9-13-31(37)33(38)26-18-20-28(35)21-19-26/h7-9,11-21,23,33H,3-6,10,22,24H2,1-2H3. The third-order valence-corrected chi connectivity index (χ3v) is 7.59. The first kappa shape index (κ1) is 27.4. The number of hydrogen-bond donors (Lipinski definition) is 0. The van der Waals surface area contributed by atoms with Gasteiger partial charge in [0.2, 0.25) is 5.91 Å². The van der Waals surface area contributed by atoms with Crippen LogP contribution in [0, 0.1) is 5.82 Å². The van der Waals surface area contributed by atoms with E-state index < -0.39 is 6.04 Å². The molecule has 1 aliphatic rings. The van der Waals surface area contributed by atoms with Gasteiger partial charge in [0.15, 0.2) is 0 Å². The van der Waals surface area contributed by atoms with Crippen LogP contribution in [0.25, 0.3) is 5.69 Å². The highest BCUT2D eigenvalue weighted by Crippen LogP contribution is 2.42. The first-order chi connectivity index (χ1) is 19.5. The molecule has 1 aromatic heterocycles. The molecule has 40 heavy (non-hydrogen) atoms. The maximum atomic E-state index is 14.3. The maximum absolute atomic E-state index is 14.3. The van der Waals surface area contributed by atoms with E-state index in [1.807, 2.05) is 66.9 Å². The van der Waals surface area contributed by atoms with Crippen LogP contribution < -0.4 is 4.90 Å². The summed E-state index contributed by atoms with van der Waals surface area (Å²) >= 11 is 0. The molecule has 0 spiro atoms. The van der Waals surface area contributed by atoms with E-state index in [9.17, 15) is 14.0 Å². The third kappa shape index (κ3) is 5.57. The molecule has 0 N–H and O–H groups in total. The molecule has 5 rings (SSSR count). The summed E-state index contributed by atoms with van der Waals surface area (Å²) in [6, 6.07) is 25.4. The number of halogens is 1. The highest BCUT2D eigenvalue weighted by molar-refractivity contribution is 6.02. The fourth-order valence-corrected chi connectivity index (χ4v) is 5.44. The third-order valence-electron chi connectivity index (χ3n) is 7.59. The lowest BCUT2D eigenvalue weighted by atomic mass is 9.97. The van der Waals surface area contributed by atoms with E-state index in [-0.39, 0.29) is 24.2 Å². The van der Waals surface area contributed by atoms with E-state index >= 15 is 0 Å². The van der Waals surface area contributed by atoms with Crippen molar-refractivity contribution in [3.63, 3.8) is 0 Å². The molecule has 0 saturated carbocycles. The summed E-state index contributed by atoms with van der Waals surface area (Å²) in [7, 11) is 0. The lowest BCUT2D eigenvalue weighted by Crippen LogP contribution is -2.47. The number of amides is 2. The molecular weight excluding hydrogens is 501 g/mol. The highest BCUT2D eigenvalue weighted by atomic mass is 19.1. The quantitative estimate of drug-likeness (QED) is 0.213. The normalized spacial score (nSPS) is 14.0. The molecule has 1 atom stereocenters. The van der Waals surface area contributed by atoms with Crippen LogP contribution in [0.5, 0.6) is 0 Å². The molecule has 2 amide bonds. The summed E-state index contributed by atoms with van der Waals surface area (Å²) < 4.78 is 16.0. The molecule has 206 valence electrons. The molecule has 0 fully saturated rings. The van der Waals surface area contributed by atoms with Gasteiger partial charge in [0, 0.05) is 18.3 Å². The van der Waals surface area contributed by atoms with Crippen LogP contribution in [0.3, 0.4) is 0 Å². The van der Waals surface area contributed by atoms with Crippen molar-refractivity contribution in [1.29, 1.82) is 0 Å². The number of hydrogen-bond acceptors (Lipinski definition) is 2. The Morgan fingerprint density at radius 1 is 0.825 bits per heavy atom. The number of nitrogens with zero attached hydrogens (tertiary/aromatic N) is 3. The number of unbranched alkanes of at least 4 members (excludes halogenated alkanes) is 2. The molecule has 4 aromatic rings. The van der Waals surface area contributed by atoms with Crippen LogP contribution in [0.1, 0.15) is 72.8 Å². The number of carbonyl (C=O) groups is 2. The molecular formula is C34H36FN3O2. The minimum absolute atomic E-state index is 0.0524. The van der Waals surface area contributed by atoms with Gasteiger partial charge < -0.3 is 9.47 Å². The van der Waals surface area contributed by atoms with Crippen molar-refractivity contribution in [2.24, 2.45) is 0 Å². The van der Waals surface area contributed by atoms with Crippen molar-refractivity contribution in [2.75, 3.05) is 18.0 Å². The molecule has 1 unspecified atom stereocenters. The number of benzene rings is 3. The smallest absolute Gasteiger partial charge is 0.254 e. The van der Waals surface area contributed by atoms with Crippen molar-refractivity contribution < 1.29 is 14.0 Å². The number of fused-ring (bicyclic) bond motifs is 3. The van der Waals surface area contributed by atoms with Crippen LogP contribution in [-0.2, 0) is 11.2 Å². The zero-order valence-corrected chi connectivity index (χ0v) is 23.2. The molecule has 5 nitrogen and oxygen atoms in total. The number of aryl methyl sites for hydroxylation is 1. The van der Waals surface area contributed by atoms with Gasteiger partial charge in [-0.25, -0.2) is 4.39 Å². The fraction of sp³-hybridized carbons (Fsp3) is 0.294. The Hall–Kier alpha value is -4.19. The Morgan fingerprint density at radius 3 is 2.23 bits per heavy atom. The Morgan fingerprint density at radius 2 is 1.52 bits per heavy atom. The molecule has 0 aliphatic carbocycles. The summed E-state index contributed by atoms with van der Waals surface area (Å²) in [5.41, 5.74) is 5.17. The summed E-state index contributed by atoms with van der Waals surface area (Å²) in [5, 5.41) is 0. The largest absolute Gasteiger partial charge is 0.329 e. The van der Waals surface area contributed by atoms with Crippen molar-refractivity contribution in [1.82, 2.24) is 9.47 Å². The Balaban J connectivity index is 1.49. The van der Waals surface area contributed by atoms with Gasteiger partial charge >= 0.3 is 0 Å². The van der Waals surface area contributed by atoms with Crippen LogP contribution in [0.15, 0.2) is 91.1 Å². The number of carbonyl (C=O) groups excluding carboxylic acids is 2. The predicted molar refractivity (Wildman–Crippen MR) is 157 cm³/mol. The second kappa shape index (κ2) is 12.3. The first-order valence-corrected chi connectivity index (χ1v) is 14.2. The second-order valence-electron chi connectivity index (χ2n) is 10.4.